The first-order valence-corrected chi connectivity index (χ1v) is 4.92. The van der Waals surface area contributed by atoms with Crippen LogP contribution in [0.5, 0.6) is 0 Å². The van der Waals surface area contributed by atoms with Crippen molar-refractivity contribution in [1.82, 2.24) is 0 Å². The second-order valence-corrected chi connectivity index (χ2v) is 2.93. The summed E-state index contributed by atoms with van der Waals surface area (Å²) in [6, 6.07) is 8.41. The van der Waals surface area contributed by atoms with E-state index in [1.807, 2.05) is 0 Å². The Hall–Kier alpha value is -2.14. The molecule has 90 valence electrons. The van der Waals surface area contributed by atoms with E-state index in [2.05, 4.69) is 21.1 Å². The standard InChI is InChI=1S/C12H12O5/c1-2-11(13)15-8-9-16-17-12(14)10-6-4-3-5-7-10/h2-7H,1,8-9H2. The SMILES string of the molecule is C=CC(=O)OCCOOC(=O)c1ccccc1. The van der Waals surface area contributed by atoms with Crippen molar-refractivity contribution in [2.45, 2.75) is 0 Å². The normalized spacial score (nSPS) is 9.41. The van der Waals surface area contributed by atoms with Crippen molar-refractivity contribution in [3.05, 3.63) is 48.6 Å². The highest BCUT2D eigenvalue weighted by Gasteiger charge is 2.06. The van der Waals surface area contributed by atoms with Gasteiger partial charge in [0.05, 0.1) is 5.56 Å². The molecule has 5 heteroatoms. The third-order valence-corrected chi connectivity index (χ3v) is 1.72. The Morgan fingerprint density at radius 1 is 1.18 bits per heavy atom. The number of carbonyl (C=O) groups excluding carboxylic acids is 2. The van der Waals surface area contributed by atoms with Crippen molar-refractivity contribution in [2.24, 2.45) is 0 Å². The Bertz CT molecular complexity index is 385. The fourth-order valence-electron chi connectivity index (χ4n) is 0.953. The van der Waals surface area contributed by atoms with Gasteiger partial charge in [0, 0.05) is 6.08 Å². The van der Waals surface area contributed by atoms with Gasteiger partial charge in [0.1, 0.15) is 13.2 Å². The molecule has 0 aromatic heterocycles. The van der Waals surface area contributed by atoms with E-state index >= 15 is 0 Å². The van der Waals surface area contributed by atoms with Crippen molar-refractivity contribution < 1.29 is 24.1 Å². The van der Waals surface area contributed by atoms with Gasteiger partial charge in [-0.3, -0.25) is 4.89 Å². The second kappa shape index (κ2) is 7.19. The molecule has 0 aliphatic heterocycles. The lowest BCUT2D eigenvalue weighted by atomic mass is 10.2. The van der Waals surface area contributed by atoms with Crippen LogP contribution in [0.2, 0.25) is 0 Å². The number of ether oxygens (including phenoxy) is 1. The molecule has 0 atom stereocenters. The van der Waals surface area contributed by atoms with E-state index in [4.69, 9.17) is 0 Å². The first-order chi connectivity index (χ1) is 8.24. The molecule has 0 aliphatic carbocycles. The van der Waals surface area contributed by atoms with Gasteiger partial charge in [0.25, 0.3) is 0 Å². The summed E-state index contributed by atoms with van der Waals surface area (Å²) in [5.74, 6) is -1.15. The highest BCUT2D eigenvalue weighted by Crippen LogP contribution is 2.01. The smallest absolute Gasteiger partial charge is 0.373 e. The number of rotatable bonds is 6. The lowest BCUT2D eigenvalue weighted by Crippen LogP contribution is -2.12. The van der Waals surface area contributed by atoms with Crippen LogP contribution < -0.4 is 0 Å². The number of esters is 1. The zero-order chi connectivity index (χ0) is 12.5. The summed E-state index contributed by atoms with van der Waals surface area (Å²) >= 11 is 0. The summed E-state index contributed by atoms with van der Waals surface area (Å²) in [6.07, 6.45) is 1.04. The minimum absolute atomic E-state index is 0.00702. The van der Waals surface area contributed by atoms with Gasteiger partial charge in [0.15, 0.2) is 0 Å². The molecule has 0 fully saturated rings. The fraction of sp³-hybridized carbons (Fsp3) is 0.167. The third-order valence-electron chi connectivity index (χ3n) is 1.72. The van der Waals surface area contributed by atoms with Crippen LogP contribution in [-0.2, 0) is 19.3 Å². The Morgan fingerprint density at radius 3 is 2.53 bits per heavy atom. The Morgan fingerprint density at radius 2 is 1.88 bits per heavy atom. The summed E-state index contributed by atoms with van der Waals surface area (Å²) < 4.78 is 4.61. The summed E-state index contributed by atoms with van der Waals surface area (Å²) in [7, 11) is 0. The maximum Gasteiger partial charge on any atom is 0.373 e. The van der Waals surface area contributed by atoms with Gasteiger partial charge in [-0.1, -0.05) is 24.8 Å². The summed E-state index contributed by atoms with van der Waals surface area (Å²) in [5.41, 5.74) is 0.385. The van der Waals surface area contributed by atoms with Gasteiger partial charge in [-0.15, -0.1) is 0 Å². The molecule has 0 saturated carbocycles. The molecule has 0 unspecified atom stereocenters. The van der Waals surface area contributed by atoms with Crippen LogP contribution in [0.4, 0.5) is 0 Å². The van der Waals surface area contributed by atoms with Crippen LogP contribution in [0.3, 0.4) is 0 Å². The quantitative estimate of drug-likeness (QED) is 0.246. The lowest BCUT2D eigenvalue weighted by Gasteiger charge is -2.03. The topological polar surface area (TPSA) is 61.8 Å². The molecule has 0 aliphatic rings. The molecular weight excluding hydrogens is 224 g/mol. The molecule has 17 heavy (non-hydrogen) atoms. The highest BCUT2D eigenvalue weighted by atomic mass is 17.2. The summed E-state index contributed by atoms with van der Waals surface area (Å²) in [6.45, 7) is 3.19. The van der Waals surface area contributed by atoms with Crippen molar-refractivity contribution >= 4 is 11.9 Å². The Labute approximate surface area is 98.5 Å². The van der Waals surface area contributed by atoms with Crippen LogP contribution in [0, 0.1) is 0 Å². The predicted octanol–water partition coefficient (Wildman–Crippen LogP) is 1.50. The van der Waals surface area contributed by atoms with Gasteiger partial charge in [-0.05, 0) is 12.1 Å². The molecule has 5 nitrogen and oxygen atoms in total. The maximum absolute atomic E-state index is 11.3. The molecule has 0 spiro atoms. The number of hydrogen-bond acceptors (Lipinski definition) is 5. The first-order valence-electron chi connectivity index (χ1n) is 4.92. The summed E-state index contributed by atoms with van der Waals surface area (Å²) in [4.78, 5) is 31.0. The van der Waals surface area contributed by atoms with E-state index in [1.54, 1.807) is 30.3 Å². The molecule has 0 bridgehead atoms. The van der Waals surface area contributed by atoms with Gasteiger partial charge >= 0.3 is 11.9 Å². The zero-order valence-corrected chi connectivity index (χ0v) is 9.13. The largest absolute Gasteiger partial charge is 0.460 e. The zero-order valence-electron chi connectivity index (χ0n) is 9.13. The van der Waals surface area contributed by atoms with Crippen molar-refractivity contribution in [2.75, 3.05) is 13.2 Å². The van der Waals surface area contributed by atoms with E-state index in [9.17, 15) is 9.59 Å². The van der Waals surface area contributed by atoms with Crippen molar-refractivity contribution in [1.29, 1.82) is 0 Å². The molecule has 0 amide bonds. The highest BCUT2D eigenvalue weighted by molar-refractivity contribution is 5.88. The van der Waals surface area contributed by atoms with E-state index in [0.29, 0.717) is 5.56 Å². The van der Waals surface area contributed by atoms with Gasteiger partial charge in [0.2, 0.25) is 0 Å². The van der Waals surface area contributed by atoms with Gasteiger partial charge in [-0.25, -0.2) is 9.59 Å². The van der Waals surface area contributed by atoms with E-state index < -0.39 is 11.9 Å². The number of hydrogen-bond donors (Lipinski definition) is 0. The van der Waals surface area contributed by atoms with Crippen LogP contribution in [-0.4, -0.2) is 25.2 Å². The molecule has 1 aromatic carbocycles. The van der Waals surface area contributed by atoms with Crippen LogP contribution >= 0.6 is 0 Å². The second-order valence-electron chi connectivity index (χ2n) is 2.93. The van der Waals surface area contributed by atoms with Crippen LogP contribution in [0.25, 0.3) is 0 Å². The van der Waals surface area contributed by atoms with Crippen LogP contribution in [0.15, 0.2) is 43.0 Å². The number of carbonyl (C=O) groups is 2. The van der Waals surface area contributed by atoms with Gasteiger partial charge in [-0.2, -0.15) is 4.89 Å². The average Bonchev–Trinajstić information content (AvgIpc) is 2.38. The van der Waals surface area contributed by atoms with Crippen molar-refractivity contribution in [3.8, 4) is 0 Å². The monoisotopic (exact) mass is 236 g/mol. The Kier molecular flexibility index (Phi) is 5.46. The van der Waals surface area contributed by atoms with Crippen molar-refractivity contribution in [3.63, 3.8) is 0 Å². The third kappa shape index (κ3) is 4.94. The molecule has 0 heterocycles. The molecule has 0 radical (unpaired) electrons. The van der Waals surface area contributed by atoms with E-state index in [0.717, 1.165) is 6.08 Å². The minimum Gasteiger partial charge on any atom is -0.460 e. The molecule has 0 N–H and O–H groups in total. The van der Waals surface area contributed by atoms with Gasteiger partial charge < -0.3 is 4.74 Å². The molecular formula is C12H12O5. The lowest BCUT2D eigenvalue weighted by molar-refractivity contribution is -0.246. The molecule has 1 rings (SSSR count). The summed E-state index contributed by atoms with van der Waals surface area (Å²) in [5, 5.41) is 0. The number of benzene rings is 1. The minimum atomic E-state index is -0.597. The first kappa shape index (κ1) is 12.9. The predicted molar refractivity (Wildman–Crippen MR) is 59.0 cm³/mol. The maximum atomic E-state index is 11.3. The average molecular weight is 236 g/mol. The molecule has 1 aromatic rings. The Balaban J connectivity index is 2.17. The fourth-order valence-corrected chi connectivity index (χ4v) is 0.953. The van der Waals surface area contributed by atoms with Crippen LogP contribution in [0.1, 0.15) is 10.4 Å². The van der Waals surface area contributed by atoms with E-state index in [1.165, 1.54) is 0 Å². The van der Waals surface area contributed by atoms with E-state index in [-0.39, 0.29) is 13.2 Å². The molecule has 0 saturated heterocycles.